The highest BCUT2D eigenvalue weighted by atomic mass is 16.5. The van der Waals surface area contributed by atoms with Crippen LogP contribution in [0.1, 0.15) is 75.1 Å². The molecule has 0 bridgehead atoms. The Morgan fingerprint density at radius 2 is 1.76 bits per heavy atom. The number of hydrogen-bond donors (Lipinski definition) is 3. The maximum absolute atomic E-state index is 12.5. The van der Waals surface area contributed by atoms with Crippen molar-refractivity contribution in [2.75, 3.05) is 5.32 Å². The fourth-order valence-electron chi connectivity index (χ4n) is 6.94. The van der Waals surface area contributed by atoms with Crippen LogP contribution in [0.25, 0.3) is 0 Å². The zero-order valence-electron chi connectivity index (χ0n) is 23.8. The average molecular weight is 556 g/mol. The molecule has 0 saturated heterocycles. The molecule has 0 heterocycles. The lowest BCUT2D eigenvalue weighted by Gasteiger charge is -2.53. The zero-order chi connectivity index (χ0) is 28.8. The van der Waals surface area contributed by atoms with Gasteiger partial charge in [0.1, 0.15) is 11.9 Å². The number of amides is 1. The first-order valence-electron chi connectivity index (χ1n) is 15.1. The molecule has 2 aromatic rings. The number of esters is 1. The Morgan fingerprint density at radius 3 is 2.49 bits per heavy atom. The van der Waals surface area contributed by atoms with Crippen LogP contribution in [0.3, 0.4) is 0 Å². The molecule has 3 aliphatic rings. The Labute approximate surface area is 243 Å². The van der Waals surface area contributed by atoms with Gasteiger partial charge in [-0.3, -0.25) is 9.59 Å². The average Bonchev–Trinajstić information content (AvgIpc) is 3.00. The van der Waals surface area contributed by atoms with Crippen LogP contribution in [-0.4, -0.2) is 34.3 Å². The number of nitrogens with one attached hydrogen (secondary N) is 1. The van der Waals surface area contributed by atoms with Gasteiger partial charge in [0, 0.05) is 17.7 Å². The van der Waals surface area contributed by atoms with Gasteiger partial charge in [0.05, 0.1) is 12.0 Å². The molecule has 3 aliphatic carbocycles. The maximum atomic E-state index is 12.5. The Bertz CT molecular complexity index is 1290. The number of hydrogen-bond acceptors (Lipinski definition) is 5. The summed E-state index contributed by atoms with van der Waals surface area (Å²) in [5.41, 5.74) is 2.55. The van der Waals surface area contributed by atoms with Gasteiger partial charge in [0.2, 0.25) is 0 Å². The van der Waals surface area contributed by atoms with Crippen LogP contribution < -0.4 is 10.1 Å². The second kappa shape index (κ2) is 13.5. The molecular weight excluding hydrogens is 514 g/mol. The molecule has 6 atom stereocenters. The predicted molar refractivity (Wildman–Crippen MR) is 159 cm³/mol. The van der Waals surface area contributed by atoms with Crippen molar-refractivity contribution >= 4 is 17.6 Å². The first kappa shape index (κ1) is 29.1. The van der Waals surface area contributed by atoms with Crippen LogP contribution in [0.5, 0.6) is 5.75 Å². The molecule has 0 radical (unpaired) electrons. The molecule has 41 heavy (non-hydrogen) atoms. The van der Waals surface area contributed by atoms with E-state index in [-0.39, 0.29) is 30.1 Å². The van der Waals surface area contributed by atoms with Crippen LogP contribution in [0.2, 0.25) is 0 Å². The molecule has 3 saturated carbocycles. The molecule has 6 nitrogen and oxygen atoms in total. The lowest BCUT2D eigenvalue weighted by Crippen LogP contribution is -2.50. The summed E-state index contributed by atoms with van der Waals surface area (Å²) in [5.74, 6) is 7.50. The SMILES string of the molecule is CC1/C(=C/CCC(=O)Oc2ccc(NC(=O)c3ccccc3)cc2)[C@H]2CC[C@H](O)[C@H](C#CC(O)C3CCCCC3)[C@@H]12. The molecule has 6 heteroatoms. The van der Waals surface area contributed by atoms with Gasteiger partial charge in [-0.25, -0.2) is 0 Å². The lowest BCUT2D eigenvalue weighted by molar-refractivity contribution is -0.134. The molecule has 216 valence electrons. The molecule has 0 spiro atoms. The summed E-state index contributed by atoms with van der Waals surface area (Å²) in [6, 6.07) is 15.8. The number of allylic oxidation sites excluding steroid dienone is 2. The van der Waals surface area contributed by atoms with Crippen LogP contribution >= 0.6 is 0 Å². The van der Waals surface area contributed by atoms with Crippen LogP contribution in [0.4, 0.5) is 5.69 Å². The van der Waals surface area contributed by atoms with Crippen molar-refractivity contribution in [2.45, 2.75) is 76.9 Å². The van der Waals surface area contributed by atoms with Gasteiger partial charge in [-0.1, -0.05) is 67.9 Å². The Morgan fingerprint density at radius 1 is 1.02 bits per heavy atom. The van der Waals surface area contributed by atoms with E-state index in [0.717, 1.165) is 19.3 Å². The molecular formula is C35H41NO5. The van der Waals surface area contributed by atoms with Gasteiger partial charge >= 0.3 is 5.97 Å². The maximum Gasteiger partial charge on any atom is 0.311 e. The van der Waals surface area contributed by atoms with E-state index < -0.39 is 12.2 Å². The van der Waals surface area contributed by atoms with Crippen molar-refractivity contribution in [2.24, 2.45) is 29.6 Å². The minimum atomic E-state index is -0.594. The number of carbonyl (C=O) groups is 2. The van der Waals surface area contributed by atoms with Gasteiger partial charge in [-0.15, -0.1) is 0 Å². The van der Waals surface area contributed by atoms with E-state index >= 15 is 0 Å². The standard InChI is InChI=1S/C35H41NO5/c1-23-28(29-19-22-32(38)30(34(23)29)20-21-31(37)24-9-4-2-5-10-24)13-8-14-33(39)41-27-17-15-26(16-18-27)36-35(40)25-11-6-3-7-12-25/h3,6-7,11-13,15-18,23-24,29-32,34,37-38H,2,4-5,8-10,14,19,22H2,1H3,(H,36,40)/b28-13-/t23?,29-,30+,31?,32+,34+/m1/s1. The van der Waals surface area contributed by atoms with Crippen molar-refractivity contribution in [1.82, 2.24) is 0 Å². The number of carbonyl (C=O) groups excluding carboxylic acids is 2. The van der Waals surface area contributed by atoms with E-state index in [9.17, 15) is 19.8 Å². The van der Waals surface area contributed by atoms with E-state index in [2.05, 4.69) is 30.2 Å². The summed E-state index contributed by atoms with van der Waals surface area (Å²) in [7, 11) is 0. The van der Waals surface area contributed by atoms with Crippen LogP contribution in [0.15, 0.2) is 66.2 Å². The number of rotatable bonds is 7. The first-order valence-corrected chi connectivity index (χ1v) is 15.1. The molecule has 3 fully saturated rings. The minimum absolute atomic E-state index is 0.107. The summed E-state index contributed by atoms with van der Waals surface area (Å²) in [5, 5.41) is 24.2. The zero-order valence-corrected chi connectivity index (χ0v) is 23.8. The third-order valence-electron chi connectivity index (χ3n) is 9.20. The number of benzene rings is 2. The van der Waals surface area contributed by atoms with Crippen LogP contribution in [-0.2, 0) is 4.79 Å². The summed E-state index contributed by atoms with van der Waals surface area (Å²) in [6.07, 6.45) is 9.33. The van der Waals surface area contributed by atoms with Crippen molar-refractivity contribution in [1.29, 1.82) is 0 Å². The quantitative estimate of drug-likeness (QED) is 0.165. The fraction of sp³-hybridized carbons (Fsp3) is 0.486. The van der Waals surface area contributed by atoms with E-state index in [4.69, 9.17) is 4.74 Å². The number of ether oxygens (including phenoxy) is 1. The normalized spacial score (nSPS) is 27.5. The van der Waals surface area contributed by atoms with E-state index in [0.29, 0.717) is 47.6 Å². The number of aliphatic hydroxyl groups is 2. The lowest BCUT2D eigenvalue weighted by atomic mass is 9.51. The van der Waals surface area contributed by atoms with Crippen molar-refractivity contribution in [3.8, 4) is 17.6 Å². The Balaban J connectivity index is 1.10. The van der Waals surface area contributed by atoms with Gasteiger partial charge in [-0.2, -0.15) is 0 Å². The van der Waals surface area contributed by atoms with Crippen molar-refractivity contribution in [3.63, 3.8) is 0 Å². The summed E-state index contributed by atoms with van der Waals surface area (Å²) in [4.78, 5) is 24.8. The first-order chi connectivity index (χ1) is 19.9. The largest absolute Gasteiger partial charge is 0.427 e. The molecule has 3 N–H and O–H groups in total. The van der Waals surface area contributed by atoms with Gasteiger partial charge in [0.15, 0.2) is 0 Å². The van der Waals surface area contributed by atoms with Crippen LogP contribution in [0, 0.1) is 41.4 Å². The second-order valence-electron chi connectivity index (χ2n) is 11.8. The highest BCUT2D eigenvalue weighted by Crippen LogP contribution is 2.55. The van der Waals surface area contributed by atoms with Gasteiger partial charge < -0.3 is 20.3 Å². The van der Waals surface area contributed by atoms with Crippen molar-refractivity contribution in [3.05, 3.63) is 71.8 Å². The molecule has 5 rings (SSSR count). The highest BCUT2D eigenvalue weighted by Gasteiger charge is 2.51. The smallest absolute Gasteiger partial charge is 0.311 e. The van der Waals surface area contributed by atoms with E-state index in [1.807, 2.05) is 18.2 Å². The Hall–Kier alpha value is -3.40. The molecule has 2 unspecified atom stereocenters. The van der Waals surface area contributed by atoms with Crippen molar-refractivity contribution < 1.29 is 24.5 Å². The minimum Gasteiger partial charge on any atom is -0.427 e. The summed E-state index contributed by atoms with van der Waals surface area (Å²) < 4.78 is 5.51. The highest BCUT2D eigenvalue weighted by molar-refractivity contribution is 6.04. The third-order valence-corrected chi connectivity index (χ3v) is 9.20. The molecule has 0 aromatic heterocycles. The summed E-state index contributed by atoms with van der Waals surface area (Å²) in [6.45, 7) is 2.19. The van der Waals surface area contributed by atoms with Gasteiger partial charge in [0.25, 0.3) is 5.91 Å². The topological polar surface area (TPSA) is 95.9 Å². The van der Waals surface area contributed by atoms with Gasteiger partial charge in [-0.05, 0) is 92.2 Å². The summed E-state index contributed by atoms with van der Waals surface area (Å²) >= 11 is 0. The molecule has 0 aliphatic heterocycles. The Kier molecular flexibility index (Phi) is 9.59. The number of aliphatic hydroxyl groups excluding tert-OH is 2. The third kappa shape index (κ3) is 7.09. The molecule has 2 aromatic carbocycles. The fourth-order valence-corrected chi connectivity index (χ4v) is 6.94. The molecule has 1 amide bonds. The predicted octanol–water partition coefficient (Wildman–Crippen LogP) is 6.15. The number of anilines is 1. The van der Waals surface area contributed by atoms with E-state index in [1.165, 1.54) is 24.8 Å². The number of fused-ring (bicyclic) bond motifs is 1. The monoisotopic (exact) mass is 555 g/mol. The van der Waals surface area contributed by atoms with E-state index in [1.54, 1.807) is 36.4 Å². The second-order valence-corrected chi connectivity index (χ2v) is 11.8.